The monoisotopic (exact) mass is 295 g/mol. The normalized spacial score (nSPS) is 16.2. The standard InChI is InChI=1S/C15H18ClNO3/c16-12-3-1-11(2-4-12)14(19)5-6-15(20)17-9-7-13(18)8-10-17/h1-4,13,18H,5-10H2. The molecule has 1 fully saturated rings. The highest BCUT2D eigenvalue weighted by atomic mass is 35.5. The van der Waals surface area contributed by atoms with Gasteiger partial charge in [-0.1, -0.05) is 11.6 Å². The molecule has 1 saturated heterocycles. The van der Waals surface area contributed by atoms with Crippen LogP contribution >= 0.6 is 11.6 Å². The van der Waals surface area contributed by atoms with E-state index in [9.17, 15) is 14.7 Å². The van der Waals surface area contributed by atoms with Gasteiger partial charge in [0.2, 0.25) is 5.91 Å². The Labute approximate surface area is 123 Å². The second-order valence-corrected chi connectivity index (χ2v) is 5.48. The maximum Gasteiger partial charge on any atom is 0.223 e. The number of likely N-dealkylation sites (tertiary alicyclic amines) is 1. The Balaban J connectivity index is 1.81. The van der Waals surface area contributed by atoms with Gasteiger partial charge in [-0.2, -0.15) is 0 Å². The smallest absolute Gasteiger partial charge is 0.223 e. The van der Waals surface area contributed by atoms with Gasteiger partial charge in [-0.05, 0) is 37.1 Å². The summed E-state index contributed by atoms with van der Waals surface area (Å²) in [5.41, 5.74) is 0.580. The van der Waals surface area contributed by atoms with E-state index < -0.39 is 0 Å². The largest absolute Gasteiger partial charge is 0.393 e. The first-order chi connectivity index (χ1) is 9.56. The van der Waals surface area contributed by atoms with Crippen molar-refractivity contribution in [3.63, 3.8) is 0 Å². The summed E-state index contributed by atoms with van der Waals surface area (Å²) in [5.74, 6) is -0.0636. The number of aliphatic hydroxyl groups excluding tert-OH is 1. The van der Waals surface area contributed by atoms with Crippen LogP contribution in [0.25, 0.3) is 0 Å². The van der Waals surface area contributed by atoms with Gasteiger partial charge < -0.3 is 10.0 Å². The van der Waals surface area contributed by atoms with E-state index >= 15 is 0 Å². The number of hydrogen-bond acceptors (Lipinski definition) is 3. The molecule has 1 aromatic carbocycles. The molecule has 0 saturated carbocycles. The molecule has 1 aliphatic heterocycles. The number of carbonyl (C=O) groups excluding carboxylic acids is 2. The lowest BCUT2D eigenvalue weighted by Crippen LogP contribution is -2.40. The summed E-state index contributed by atoms with van der Waals surface area (Å²) >= 11 is 5.76. The molecule has 0 unspecified atom stereocenters. The number of benzene rings is 1. The van der Waals surface area contributed by atoms with E-state index in [4.69, 9.17) is 11.6 Å². The topological polar surface area (TPSA) is 57.6 Å². The number of halogens is 1. The summed E-state index contributed by atoms with van der Waals surface area (Å²) in [7, 11) is 0. The Morgan fingerprint density at radius 2 is 1.75 bits per heavy atom. The van der Waals surface area contributed by atoms with Gasteiger partial charge in [0.25, 0.3) is 0 Å². The minimum atomic E-state index is -0.297. The van der Waals surface area contributed by atoms with Gasteiger partial charge in [0, 0.05) is 36.5 Å². The van der Waals surface area contributed by atoms with Crippen molar-refractivity contribution >= 4 is 23.3 Å². The van der Waals surface area contributed by atoms with Crippen molar-refractivity contribution in [2.75, 3.05) is 13.1 Å². The summed E-state index contributed by atoms with van der Waals surface area (Å²) < 4.78 is 0. The molecule has 0 radical (unpaired) electrons. The molecule has 5 heteroatoms. The summed E-state index contributed by atoms with van der Waals surface area (Å²) in [5, 5.41) is 9.98. The fourth-order valence-corrected chi connectivity index (χ4v) is 2.40. The molecule has 0 spiro atoms. The van der Waals surface area contributed by atoms with E-state index in [0.717, 1.165) is 0 Å². The number of nitrogens with zero attached hydrogens (tertiary/aromatic N) is 1. The Kier molecular flexibility index (Phi) is 5.15. The van der Waals surface area contributed by atoms with Gasteiger partial charge in [-0.25, -0.2) is 0 Å². The fraction of sp³-hybridized carbons (Fsp3) is 0.467. The van der Waals surface area contributed by atoms with E-state index in [1.807, 2.05) is 0 Å². The average Bonchev–Trinajstić information content (AvgIpc) is 2.46. The molecule has 2 rings (SSSR count). The molecule has 0 aliphatic carbocycles. The van der Waals surface area contributed by atoms with Crippen LogP contribution in [-0.4, -0.2) is 40.9 Å². The predicted molar refractivity (Wildman–Crippen MR) is 76.8 cm³/mol. The first kappa shape index (κ1) is 15.0. The lowest BCUT2D eigenvalue weighted by Gasteiger charge is -2.29. The first-order valence-corrected chi connectivity index (χ1v) is 7.18. The highest BCUT2D eigenvalue weighted by Crippen LogP contribution is 2.14. The summed E-state index contributed by atoms with van der Waals surface area (Å²) in [6.07, 6.45) is 1.37. The number of amides is 1. The van der Waals surface area contributed by atoms with Crippen LogP contribution in [0.15, 0.2) is 24.3 Å². The first-order valence-electron chi connectivity index (χ1n) is 6.81. The van der Waals surface area contributed by atoms with Crippen molar-refractivity contribution in [1.29, 1.82) is 0 Å². The van der Waals surface area contributed by atoms with Crippen molar-refractivity contribution in [3.8, 4) is 0 Å². The Hall–Kier alpha value is -1.39. The third-order valence-corrected chi connectivity index (χ3v) is 3.80. The van der Waals surface area contributed by atoms with Crippen LogP contribution in [0.4, 0.5) is 0 Å². The maximum absolute atomic E-state index is 12.0. The van der Waals surface area contributed by atoms with Crippen LogP contribution in [0.3, 0.4) is 0 Å². The second-order valence-electron chi connectivity index (χ2n) is 5.04. The van der Waals surface area contributed by atoms with Gasteiger partial charge in [-0.15, -0.1) is 0 Å². The maximum atomic E-state index is 12.0. The SMILES string of the molecule is O=C(CCC(=O)N1CCC(O)CC1)c1ccc(Cl)cc1. The number of Topliss-reactive ketones (excluding diaryl/α,β-unsaturated/α-hetero) is 1. The van der Waals surface area contributed by atoms with Gasteiger partial charge in [-0.3, -0.25) is 9.59 Å². The predicted octanol–water partition coefficient (Wildman–Crippen LogP) is 2.29. The summed E-state index contributed by atoms with van der Waals surface area (Å²) in [6, 6.07) is 6.68. The lowest BCUT2D eigenvalue weighted by molar-refractivity contribution is -0.133. The lowest BCUT2D eigenvalue weighted by atomic mass is 10.0. The molecule has 20 heavy (non-hydrogen) atoms. The Bertz CT molecular complexity index is 478. The van der Waals surface area contributed by atoms with Crippen LogP contribution in [0.2, 0.25) is 5.02 Å². The van der Waals surface area contributed by atoms with Crippen LogP contribution in [0.1, 0.15) is 36.0 Å². The van der Waals surface area contributed by atoms with E-state index in [2.05, 4.69) is 0 Å². The quantitative estimate of drug-likeness (QED) is 0.867. The second kappa shape index (κ2) is 6.86. The highest BCUT2D eigenvalue weighted by Gasteiger charge is 2.21. The molecule has 1 N–H and O–H groups in total. The minimum absolute atomic E-state index is 0.0146. The minimum Gasteiger partial charge on any atom is -0.393 e. The number of rotatable bonds is 4. The van der Waals surface area contributed by atoms with E-state index in [-0.39, 0.29) is 30.6 Å². The number of carbonyl (C=O) groups is 2. The third kappa shape index (κ3) is 4.05. The molecule has 1 amide bonds. The molecular formula is C15H18ClNO3. The Morgan fingerprint density at radius 3 is 2.35 bits per heavy atom. The molecular weight excluding hydrogens is 278 g/mol. The summed E-state index contributed by atoms with van der Waals surface area (Å²) in [4.78, 5) is 25.6. The number of ketones is 1. The van der Waals surface area contributed by atoms with Crippen LogP contribution in [-0.2, 0) is 4.79 Å². The third-order valence-electron chi connectivity index (χ3n) is 3.55. The van der Waals surface area contributed by atoms with Crippen LogP contribution in [0, 0.1) is 0 Å². The van der Waals surface area contributed by atoms with Crippen LogP contribution < -0.4 is 0 Å². The highest BCUT2D eigenvalue weighted by molar-refractivity contribution is 6.30. The number of aliphatic hydroxyl groups is 1. The zero-order valence-corrected chi connectivity index (χ0v) is 12.0. The molecule has 0 bridgehead atoms. The fourth-order valence-electron chi connectivity index (χ4n) is 2.27. The molecule has 1 heterocycles. The van der Waals surface area contributed by atoms with Gasteiger partial charge in [0.15, 0.2) is 5.78 Å². The average molecular weight is 296 g/mol. The molecule has 4 nitrogen and oxygen atoms in total. The zero-order valence-electron chi connectivity index (χ0n) is 11.2. The number of hydrogen-bond donors (Lipinski definition) is 1. The van der Waals surface area contributed by atoms with Crippen molar-refractivity contribution < 1.29 is 14.7 Å². The molecule has 1 aliphatic rings. The van der Waals surface area contributed by atoms with Gasteiger partial charge >= 0.3 is 0 Å². The molecule has 0 aromatic heterocycles. The zero-order chi connectivity index (χ0) is 14.5. The molecule has 108 valence electrons. The molecule has 0 atom stereocenters. The van der Waals surface area contributed by atoms with Crippen molar-refractivity contribution in [3.05, 3.63) is 34.9 Å². The van der Waals surface area contributed by atoms with E-state index in [0.29, 0.717) is 36.5 Å². The van der Waals surface area contributed by atoms with Gasteiger partial charge in [0.1, 0.15) is 0 Å². The Morgan fingerprint density at radius 1 is 1.15 bits per heavy atom. The van der Waals surface area contributed by atoms with Crippen LogP contribution in [0.5, 0.6) is 0 Å². The number of piperidine rings is 1. The van der Waals surface area contributed by atoms with Crippen molar-refractivity contribution in [1.82, 2.24) is 4.90 Å². The molecule has 1 aromatic rings. The van der Waals surface area contributed by atoms with Crippen molar-refractivity contribution in [2.24, 2.45) is 0 Å². The summed E-state index contributed by atoms with van der Waals surface area (Å²) in [6.45, 7) is 1.16. The van der Waals surface area contributed by atoms with Gasteiger partial charge in [0.05, 0.1) is 6.10 Å². The van der Waals surface area contributed by atoms with E-state index in [1.54, 1.807) is 29.2 Å². The van der Waals surface area contributed by atoms with Crippen molar-refractivity contribution in [2.45, 2.75) is 31.8 Å². The van der Waals surface area contributed by atoms with E-state index in [1.165, 1.54) is 0 Å².